The summed E-state index contributed by atoms with van der Waals surface area (Å²) in [6.45, 7) is 6.43. The van der Waals surface area contributed by atoms with Gasteiger partial charge in [-0.2, -0.15) is 0 Å². The molecule has 0 spiro atoms. The Labute approximate surface area is 147 Å². The highest BCUT2D eigenvalue weighted by atomic mass is 16.3. The van der Waals surface area contributed by atoms with E-state index < -0.39 is 12.0 Å². The molecule has 0 saturated carbocycles. The number of carbonyl (C=O) groups excluding carboxylic acids is 2. The van der Waals surface area contributed by atoms with Crippen LogP contribution in [0.1, 0.15) is 36.2 Å². The minimum absolute atomic E-state index is 0.0605. The average molecular weight is 343 g/mol. The van der Waals surface area contributed by atoms with Gasteiger partial charge in [-0.15, -0.1) is 0 Å². The smallest absolute Gasteiger partial charge is 0.253 e. The Hall–Kier alpha value is -2.34. The SMILES string of the molecule is Cc1cccc2[nH]cc(C(=O)NC3CCN(C(=O)C(C)C(C)O)C3)c12. The summed E-state index contributed by atoms with van der Waals surface area (Å²) >= 11 is 0. The number of fused-ring (bicyclic) bond motifs is 1. The Balaban J connectivity index is 1.67. The van der Waals surface area contributed by atoms with Crippen LogP contribution in [0.15, 0.2) is 24.4 Å². The Morgan fingerprint density at radius 3 is 2.84 bits per heavy atom. The number of aliphatic hydroxyl groups is 1. The van der Waals surface area contributed by atoms with Crippen LogP contribution in [0.5, 0.6) is 0 Å². The summed E-state index contributed by atoms with van der Waals surface area (Å²) in [6.07, 6.45) is 1.79. The van der Waals surface area contributed by atoms with Gasteiger partial charge in [0.25, 0.3) is 5.91 Å². The quantitative estimate of drug-likeness (QED) is 0.792. The van der Waals surface area contributed by atoms with Crippen LogP contribution < -0.4 is 5.32 Å². The van der Waals surface area contributed by atoms with Crippen molar-refractivity contribution in [3.8, 4) is 0 Å². The van der Waals surface area contributed by atoms with Crippen LogP contribution in [0.3, 0.4) is 0 Å². The van der Waals surface area contributed by atoms with E-state index in [9.17, 15) is 14.7 Å². The van der Waals surface area contributed by atoms with Crippen LogP contribution in [-0.4, -0.2) is 52.0 Å². The van der Waals surface area contributed by atoms with Gasteiger partial charge in [-0.1, -0.05) is 19.1 Å². The molecule has 1 saturated heterocycles. The molecule has 6 nitrogen and oxygen atoms in total. The number of nitrogens with zero attached hydrogens (tertiary/aromatic N) is 1. The number of rotatable bonds is 4. The molecule has 0 radical (unpaired) electrons. The lowest BCUT2D eigenvalue weighted by Gasteiger charge is -2.22. The molecular formula is C19H25N3O3. The normalized spacial score (nSPS) is 19.8. The van der Waals surface area contributed by atoms with Gasteiger partial charge >= 0.3 is 0 Å². The molecular weight excluding hydrogens is 318 g/mol. The molecule has 1 aromatic heterocycles. The fraction of sp³-hybridized carbons (Fsp3) is 0.474. The lowest BCUT2D eigenvalue weighted by molar-refractivity contribution is -0.137. The minimum Gasteiger partial charge on any atom is -0.393 e. The molecule has 1 aliphatic rings. The summed E-state index contributed by atoms with van der Waals surface area (Å²) in [4.78, 5) is 29.8. The molecule has 2 aromatic rings. The third-order valence-corrected chi connectivity index (χ3v) is 5.11. The number of aromatic amines is 1. The standard InChI is InChI=1S/C19H25N3O3/c1-11-5-4-6-16-17(11)15(9-20-16)18(24)21-14-7-8-22(10-14)19(25)12(2)13(3)23/h4-6,9,12-14,20,23H,7-8,10H2,1-3H3,(H,21,24). The molecule has 25 heavy (non-hydrogen) atoms. The Morgan fingerprint density at radius 1 is 1.36 bits per heavy atom. The summed E-state index contributed by atoms with van der Waals surface area (Å²) in [5.74, 6) is -0.608. The lowest BCUT2D eigenvalue weighted by atomic mass is 10.1. The van der Waals surface area contributed by atoms with Gasteiger partial charge in [0.15, 0.2) is 0 Å². The van der Waals surface area contributed by atoms with Crippen molar-refractivity contribution in [2.75, 3.05) is 13.1 Å². The van der Waals surface area contributed by atoms with Gasteiger partial charge in [0.2, 0.25) is 5.91 Å². The number of carbonyl (C=O) groups is 2. The van der Waals surface area contributed by atoms with Crippen molar-refractivity contribution in [1.29, 1.82) is 0 Å². The van der Waals surface area contributed by atoms with Crippen molar-refractivity contribution in [3.05, 3.63) is 35.5 Å². The molecule has 1 aromatic carbocycles. The van der Waals surface area contributed by atoms with Crippen LogP contribution >= 0.6 is 0 Å². The van der Waals surface area contributed by atoms with Crippen molar-refractivity contribution in [2.24, 2.45) is 5.92 Å². The van der Waals surface area contributed by atoms with E-state index in [1.54, 1.807) is 24.9 Å². The fourth-order valence-corrected chi connectivity index (χ4v) is 3.38. The maximum absolute atomic E-state index is 12.7. The van der Waals surface area contributed by atoms with Gasteiger partial charge in [0.1, 0.15) is 0 Å². The first-order valence-corrected chi connectivity index (χ1v) is 8.73. The Kier molecular flexibility index (Phi) is 4.81. The van der Waals surface area contributed by atoms with Crippen LogP contribution in [0.2, 0.25) is 0 Å². The minimum atomic E-state index is -0.671. The topological polar surface area (TPSA) is 85.4 Å². The van der Waals surface area contributed by atoms with Crippen LogP contribution in [0.4, 0.5) is 0 Å². The van der Waals surface area contributed by atoms with E-state index in [-0.39, 0.29) is 17.9 Å². The first kappa shape index (κ1) is 17.5. The van der Waals surface area contributed by atoms with Gasteiger partial charge in [-0.3, -0.25) is 9.59 Å². The number of likely N-dealkylation sites (tertiary alicyclic amines) is 1. The number of aryl methyl sites for hydroxylation is 1. The summed E-state index contributed by atoms with van der Waals surface area (Å²) in [5.41, 5.74) is 2.63. The van der Waals surface area contributed by atoms with Gasteiger partial charge < -0.3 is 20.3 Å². The van der Waals surface area contributed by atoms with Gasteiger partial charge in [-0.05, 0) is 31.9 Å². The highest BCUT2D eigenvalue weighted by Gasteiger charge is 2.31. The Morgan fingerprint density at radius 2 is 2.12 bits per heavy atom. The average Bonchev–Trinajstić information content (AvgIpc) is 3.21. The number of hydrogen-bond acceptors (Lipinski definition) is 3. The number of H-pyrrole nitrogens is 1. The third kappa shape index (κ3) is 3.39. The molecule has 3 N–H and O–H groups in total. The first-order chi connectivity index (χ1) is 11.9. The van der Waals surface area contributed by atoms with E-state index in [2.05, 4.69) is 10.3 Å². The summed E-state index contributed by atoms with van der Waals surface area (Å²) in [5, 5.41) is 13.6. The van der Waals surface area contributed by atoms with Crippen molar-refractivity contribution in [2.45, 2.75) is 39.3 Å². The molecule has 134 valence electrons. The van der Waals surface area contributed by atoms with E-state index in [1.165, 1.54) is 0 Å². The molecule has 1 aliphatic heterocycles. The monoisotopic (exact) mass is 343 g/mol. The van der Waals surface area contributed by atoms with Crippen molar-refractivity contribution >= 4 is 22.7 Å². The molecule has 3 unspecified atom stereocenters. The highest BCUT2D eigenvalue weighted by Crippen LogP contribution is 2.22. The molecule has 6 heteroatoms. The zero-order valence-corrected chi connectivity index (χ0v) is 14.9. The van der Waals surface area contributed by atoms with Crippen LogP contribution in [0.25, 0.3) is 10.9 Å². The van der Waals surface area contributed by atoms with E-state index >= 15 is 0 Å². The predicted molar refractivity (Wildman–Crippen MR) is 96.3 cm³/mol. The zero-order chi connectivity index (χ0) is 18.1. The van der Waals surface area contributed by atoms with E-state index in [0.29, 0.717) is 18.7 Å². The second-order valence-corrected chi connectivity index (χ2v) is 6.97. The number of aliphatic hydroxyl groups excluding tert-OH is 1. The predicted octanol–water partition coefficient (Wildman–Crippen LogP) is 1.82. The summed E-state index contributed by atoms with van der Waals surface area (Å²) in [6, 6.07) is 5.83. The number of hydrogen-bond donors (Lipinski definition) is 3. The van der Waals surface area contributed by atoms with Crippen LogP contribution in [0, 0.1) is 12.8 Å². The summed E-state index contributed by atoms with van der Waals surface area (Å²) in [7, 11) is 0. The molecule has 0 aliphatic carbocycles. The molecule has 2 heterocycles. The van der Waals surface area contributed by atoms with E-state index in [4.69, 9.17) is 0 Å². The molecule has 3 rings (SSSR count). The maximum Gasteiger partial charge on any atom is 0.253 e. The fourth-order valence-electron chi connectivity index (χ4n) is 3.38. The van der Waals surface area contributed by atoms with E-state index in [0.717, 1.165) is 22.9 Å². The van der Waals surface area contributed by atoms with E-state index in [1.807, 2.05) is 25.1 Å². The zero-order valence-electron chi connectivity index (χ0n) is 14.9. The van der Waals surface area contributed by atoms with Gasteiger partial charge in [0.05, 0.1) is 17.6 Å². The third-order valence-electron chi connectivity index (χ3n) is 5.11. The number of benzene rings is 1. The second kappa shape index (κ2) is 6.88. The number of nitrogens with one attached hydrogen (secondary N) is 2. The molecule has 2 amide bonds. The van der Waals surface area contributed by atoms with Gasteiger partial charge in [0, 0.05) is 36.2 Å². The number of aromatic nitrogens is 1. The Bertz CT molecular complexity index is 796. The summed E-state index contributed by atoms with van der Waals surface area (Å²) < 4.78 is 0. The first-order valence-electron chi connectivity index (χ1n) is 8.73. The van der Waals surface area contributed by atoms with Crippen molar-refractivity contribution in [1.82, 2.24) is 15.2 Å². The second-order valence-electron chi connectivity index (χ2n) is 6.97. The number of amides is 2. The highest BCUT2D eigenvalue weighted by molar-refractivity contribution is 6.08. The maximum atomic E-state index is 12.7. The largest absolute Gasteiger partial charge is 0.393 e. The molecule has 1 fully saturated rings. The molecule has 0 bridgehead atoms. The lowest BCUT2D eigenvalue weighted by Crippen LogP contribution is -2.41. The van der Waals surface area contributed by atoms with Crippen LogP contribution in [-0.2, 0) is 4.79 Å². The molecule has 3 atom stereocenters. The van der Waals surface area contributed by atoms with Gasteiger partial charge in [-0.25, -0.2) is 0 Å². The van der Waals surface area contributed by atoms with Crippen molar-refractivity contribution < 1.29 is 14.7 Å². The van der Waals surface area contributed by atoms with Crippen molar-refractivity contribution in [3.63, 3.8) is 0 Å².